The summed E-state index contributed by atoms with van der Waals surface area (Å²) >= 11 is 0. The van der Waals surface area contributed by atoms with Gasteiger partial charge in [0.05, 0.1) is 17.5 Å². The molecule has 0 heterocycles. The van der Waals surface area contributed by atoms with Crippen molar-refractivity contribution in [3.63, 3.8) is 0 Å². The zero-order valence-electron chi connectivity index (χ0n) is 19.0. The smallest absolute Gasteiger partial charge is 0.241 e. The minimum absolute atomic E-state index is 0.0302. The summed E-state index contributed by atoms with van der Waals surface area (Å²) in [5.74, 6) is -0.930. The van der Waals surface area contributed by atoms with Gasteiger partial charge in [-0.15, -0.1) is 0 Å². The number of nitrogens with zero attached hydrogens (tertiary/aromatic N) is 1. The fraction of sp³-hybridized carbons (Fsp3) is 0.318. The predicted molar refractivity (Wildman–Crippen MR) is 126 cm³/mol. The third-order valence-electron chi connectivity index (χ3n) is 4.35. The lowest BCUT2D eigenvalue weighted by atomic mass is 10.2. The first-order valence-electron chi connectivity index (χ1n) is 10.2. The van der Waals surface area contributed by atoms with E-state index < -0.39 is 22.0 Å². The lowest BCUT2D eigenvalue weighted by Gasteiger charge is -2.15. The Morgan fingerprint density at radius 1 is 0.970 bits per heavy atom. The molecule has 0 aromatic heterocycles. The predicted octanol–water partition coefficient (Wildman–Crippen LogP) is 1.13. The van der Waals surface area contributed by atoms with Crippen molar-refractivity contribution in [3.05, 3.63) is 54.1 Å². The summed E-state index contributed by atoms with van der Waals surface area (Å²) < 4.78 is 27.4. The van der Waals surface area contributed by atoms with Crippen LogP contribution in [0, 0.1) is 0 Å². The van der Waals surface area contributed by atoms with E-state index >= 15 is 0 Å². The number of nitrogens with one attached hydrogen (secondary N) is 4. The lowest BCUT2D eigenvalue weighted by Crippen LogP contribution is -2.44. The summed E-state index contributed by atoms with van der Waals surface area (Å²) in [5.41, 5.74) is 1.81. The quantitative estimate of drug-likeness (QED) is 0.407. The summed E-state index contributed by atoms with van der Waals surface area (Å²) in [7, 11) is -0.351. The molecule has 4 N–H and O–H groups in total. The van der Waals surface area contributed by atoms with E-state index in [1.807, 2.05) is 0 Å². The highest BCUT2D eigenvalue weighted by atomic mass is 32.2. The van der Waals surface area contributed by atoms with Crippen LogP contribution in [0.4, 0.5) is 11.4 Å². The highest BCUT2D eigenvalue weighted by molar-refractivity contribution is 7.89. The topological polar surface area (TPSA) is 137 Å². The minimum atomic E-state index is -3.94. The Morgan fingerprint density at radius 2 is 1.64 bits per heavy atom. The van der Waals surface area contributed by atoms with Gasteiger partial charge in [-0.25, -0.2) is 8.42 Å². The van der Waals surface area contributed by atoms with Crippen LogP contribution in [-0.4, -0.2) is 57.7 Å². The summed E-state index contributed by atoms with van der Waals surface area (Å²) in [6.07, 6.45) is 0. The number of likely N-dealkylation sites (N-methyl/N-ethyl adjacent to an activating group) is 1. The fourth-order valence-corrected chi connectivity index (χ4v) is 4.07. The maximum atomic E-state index is 12.6. The standard InChI is InChI=1S/C22H29N5O5S/c1-15(26-33(31,32)20-10-8-18(9-11-20)24-16(2)28)22(30)23-13-17-6-5-7-19(12-17)25-21(29)14-27(3)4/h5-12,15,26H,13-14H2,1-4H3,(H,23,30)(H,24,28)(H,25,29)/t15-/m0/s1. The Morgan fingerprint density at radius 3 is 2.24 bits per heavy atom. The first-order chi connectivity index (χ1) is 15.5. The molecule has 10 nitrogen and oxygen atoms in total. The molecule has 2 aromatic rings. The van der Waals surface area contributed by atoms with Crippen LogP contribution in [0.1, 0.15) is 19.4 Å². The summed E-state index contributed by atoms with van der Waals surface area (Å²) in [6.45, 7) is 3.20. The van der Waals surface area contributed by atoms with Gasteiger partial charge in [-0.3, -0.25) is 14.4 Å². The molecule has 0 aliphatic heterocycles. The molecule has 0 bridgehead atoms. The van der Waals surface area contributed by atoms with Crippen molar-refractivity contribution in [2.45, 2.75) is 31.3 Å². The van der Waals surface area contributed by atoms with Gasteiger partial charge in [0, 0.05) is 24.8 Å². The van der Waals surface area contributed by atoms with Gasteiger partial charge in [0.15, 0.2) is 0 Å². The zero-order valence-corrected chi connectivity index (χ0v) is 19.8. The first-order valence-corrected chi connectivity index (χ1v) is 11.7. The number of anilines is 2. The summed E-state index contributed by atoms with van der Waals surface area (Å²) in [4.78, 5) is 37.1. The molecule has 1 atom stereocenters. The van der Waals surface area contributed by atoms with Crippen LogP contribution in [0.25, 0.3) is 0 Å². The van der Waals surface area contributed by atoms with Crippen molar-refractivity contribution in [2.75, 3.05) is 31.3 Å². The molecule has 0 fully saturated rings. The van der Waals surface area contributed by atoms with Gasteiger partial charge in [-0.05, 0) is 63.0 Å². The van der Waals surface area contributed by atoms with Gasteiger partial charge in [-0.1, -0.05) is 12.1 Å². The van der Waals surface area contributed by atoms with Crippen LogP contribution in [0.5, 0.6) is 0 Å². The zero-order chi connectivity index (χ0) is 24.6. The monoisotopic (exact) mass is 475 g/mol. The number of hydrogen-bond acceptors (Lipinski definition) is 6. The van der Waals surface area contributed by atoms with Crippen LogP contribution in [0.15, 0.2) is 53.4 Å². The molecule has 178 valence electrons. The van der Waals surface area contributed by atoms with Crippen molar-refractivity contribution < 1.29 is 22.8 Å². The maximum Gasteiger partial charge on any atom is 0.241 e. The van der Waals surface area contributed by atoms with Gasteiger partial charge < -0.3 is 20.9 Å². The van der Waals surface area contributed by atoms with Crippen molar-refractivity contribution in [1.29, 1.82) is 0 Å². The number of amides is 3. The molecule has 2 rings (SSSR count). The molecule has 0 saturated carbocycles. The summed E-state index contributed by atoms with van der Waals surface area (Å²) in [5, 5.41) is 8.01. The van der Waals surface area contributed by atoms with Crippen LogP contribution in [0.2, 0.25) is 0 Å². The van der Waals surface area contributed by atoms with Crippen LogP contribution in [0.3, 0.4) is 0 Å². The Labute approximate surface area is 193 Å². The SMILES string of the molecule is CC(=O)Nc1ccc(S(=O)(=O)N[C@@H](C)C(=O)NCc2cccc(NC(=O)CN(C)C)c2)cc1. The van der Waals surface area contributed by atoms with Crippen molar-refractivity contribution in [2.24, 2.45) is 0 Å². The van der Waals surface area contributed by atoms with E-state index in [1.54, 1.807) is 43.3 Å². The van der Waals surface area contributed by atoms with Gasteiger partial charge in [0.25, 0.3) is 0 Å². The normalized spacial score (nSPS) is 12.2. The van der Waals surface area contributed by atoms with E-state index in [0.29, 0.717) is 11.4 Å². The van der Waals surface area contributed by atoms with Gasteiger partial charge in [0.1, 0.15) is 0 Å². The second kappa shape index (κ2) is 11.5. The molecule has 0 aliphatic carbocycles. The number of carbonyl (C=O) groups excluding carboxylic acids is 3. The van der Waals surface area contributed by atoms with E-state index in [1.165, 1.54) is 38.1 Å². The van der Waals surface area contributed by atoms with Crippen molar-refractivity contribution in [3.8, 4) is 0 Å². The molecule has 0 radical (unpaired) electrons. The van der Waals surface area contributed by atoms with Gasteiger partial charge in [0.2, 0.25) is 27.7 Å². The molecule has 11 heteroatoms. The average Bonchev–Trinajstić information content (AvgIpc) is 2.71. The van der Waals surface area contributed by atoms with Crippen LogP contribution >= 0.6 is 0 Å². The number of benzene rings is 2. The third kappa shape index (κ3) is 8.64. The van der Waals surface area contributed by atoms with E-state index in [-0.39, 0.29) is 29.8 Å². The van der Waals surface area contributed by atoms with E-state index in [0.717, 1.165) is 5.56 Å². The molecule has 0 unspecified atom stereocenters. The largest absolute Gasteiger partial charge is 0.351 e. The number of sulfonamides is 1. The Bertz CT molecular complexity index is 1100. The van der Waals surface area contributed by atoms with Crippen molar-refractivity contribution >= 4 is 39.1 Å². The Balaban J connectivity index is 1.93. The van der Waals surface area contributed by atoms with Gasteiger partial charge >= 0.3 is 0 Å². The minimum Gasteiger partial charge on any atom is -0.351 e. The van der Waals surface area contributed by atoms with E-state index in [4.69, 9.17) is 0 Å². The fourth-order valence-electron chi connectivity index (χ4n) is 2.86. The number of rotatable bonds is 10. The lowest BCUT2D eigenvalue weighted by molar-refractivity contribution is -0.122. The number of carbonyl (C=O) groups is 3. The molecule has 0 aliphatic rings. The Kier molecular flexibility index (Phi) is 9.09. The highest BCUT2D eigenvalue weighted by Gasteiger charge is 2.22. The highest BCUT2D eigenvalue weighted by Crippen LogP contribution is 2.15. The molecule has 3 amide bonds. The second-order valence-corrected chi connectivity index (χ2v) is 9.47. The third-order valence-corrected chi connectivity index (χ3v) is 5.90. The second-order valence-electron chi connectivity index (χ2n) is 7.75. The summed E-state index contributed by atoms with van der Waals surface area (Å²) in [6, 6.07) is 11.6. The molecular formula is C22H29N5O5S. The van der Waals surface area contributed by atoms with Crippen LogP contribution < -0.4 is 20.7 Å². The molecule has 0 spiro atoms. The molecule has 2 aromatic carbocycles. The average molecular weight is 476 g/mol. The molecular weight excluding hydrogens is 446 g/mol. The first kappa shape index (κ1) is 26.0. The Hall–Kier alpha value is -3.28. The van der Waals surface area contributed by atoms with Gasteiger partial charge in [-0.2, -0.15) is 4.72 Å². The van der Waals surface area contributed by atoms with Crippen LogP contribution in [-0.2, 0) is 31.0 Å². The number of hydrogen-bond donors (Lipinski definition) is 4. The molecule has 33 heavy (non-hydrogen) atoms. The molecule has 0 saturated heterocycles. The van der Waals surface area contributed by atoms with E-state index in [9.17, 15) is 22.8 Å². The maximum absolute atomic E-state index is 12.6. The van der Waals surface area contributed by atoms with E-state index in [2.05, 4.69) is 20.7 Å². The van der Waals surface area contributed by atoms with Crippen molar-refractivity contribution in [1.82, 2.24) is 14.9 Å².